The zero-order chi connectivity index (χ0) is 21.9. The van der Waals surface area contributed by atoms with E-state index in [9.17, 15) is 15.0 Å². The number of phenolic OH excluding ortho intramolecular Hbond substituents is 2. The third-order valence-electron chi connectivity index (χ3n) is 6.32. The van der Waals surface area contributed by atoms with Gasteiger partial charge in [0.1, 0.15) is 11.5 Å². The molecule has 0 saturated heterocycles. The van der Waals surface area contributed by atoms with Gasteiger partial charge in [0.05, 0.1) is 0 Å². The van der Waals surface area contributed by atoms with Gasteiger partial charge in [-0.15, -0.1) is 0 Å². The summed E-state index contributed by atoms with van der Waals surface area (Å²) >= 11 is 0. The highest BCUT2D eigenvalue weighted by Crippen LogP contribution is 2.48. The maximum absolute atomic E-state index is 13.3. The highest BCUT2D eigenvalue weighted by molar-refractivity contribution is 6.13. The SMILES string of the molecule is CC(C)(C)c1ccc2c(c1)C(c1cc(O)c3ccccc3c1O)c1ccccc1C2=O. The number of benzene rings is 4. The van der Waals surface area contributed by atoms with Crippen molar-refractivity contribution in [2.75, 3.05) is 0 Å². The number of carbonyl (C=O) groups excluding carboxylic acids is 1. The molecule has 3 heteroatoms. The van der Waals surface area contributed by atoms with Gasteiger partial charge in [0.25, 0.3) is 0 Å². The van der Waals surface area contributed by atoms with E-state index in [1.54, 1.807) is 18.2 Å². The average Bonchev–Trinajstić information content (AvgIpc) is 2.76. The number of hydrogen-bond acceptors (Lipinski definition) is 3. The smallest absolute Gasteiger partial charge is 0.193 e. The fourth-order valence-electron chi connectivity index (χ4n) is 4.66. The van der Waals surface area contributed by atoms with Crippen molar-refractivity contribution in [3.05, 3.63) is 106 Å². The molecule has 5 rings (SSSR count). The van der Waals surface area contributed by atoms with Crippen LogP contribution >= 0.6 is 0 Å². The molecule has 0 heterocycles. The van der Waals surface area contributed by atoms with Crippen LogP contribution in [-0.2, 0) is 5.41 Å². The summed E-state index contributed by atoms with van der Waals surface area (Å²) in [5.74, 6) is -0.116. The zero-order valence-corrected chi connectivity index (χ0v) is 17.8. The predicted octanol–water partition coefficient (Wildman–Crippen LogP) is 6.27. The summed E-state index contributed by atoms with van der Waals surface area (Å²) in [4.78, 5) is 13.3. The van der Waals surface area contributed by atoms with Gasteiger partial charge in [-0.25, -0.2) is 0 Å². The van der Waals surface area contributed by atoms with Crippen LogP contribution in [0.5, 0.6) is 11.5 Å². The second-order valence-corrected chi connectivity index (χ2v) is 9.28. The van der Waals surface area contributed by atoms with Crippen LogP contribution in [0, 0.1) is 0 Å². The van der Waals surface area contributed by atoms with Crippen molar-refractivity contribution in [2.24, 2.45) is 0 Å². The largest absolute Gasteiger partial charge is 0.507 e. The summed E-state index contributed by atoms with van der Waals surface area (Å²) in [6.07, 6.45) is 0. The van der Waals surface area contributed by atoms with Crippen LogP contribution < -0.4 is 0 Å². The minimum atomic E-state index is -0.360. The summed E-state index contributed by atoms with van der Waals surface area (Å²) in [7, 11) is 0. The molecule has 154 valence electrons. The summed E-state index contributed by atoms with van der Waals surface area (Å²) < 4.78 is 0. The molecule has 3 nitrogen and oxygen atoms in total. The Balaban J connectivity index is 1.86. The lowest BCUT2D eigenvalue weighted by Crippen LogP contribution is -2.22. The van der Waals surface area contributed by atoms with E-state index in [-0.39, 0.29) is 28.6 Å². The van der Waals surface area contributed by atoms with E-state index >= 15 is 0 Å². The molecule has 1 aliphatic carbocycles. The van der Waals surface area contributed by atoms with Crippen LogP contribution in [0.25, 0.3) is 10.8 Å². The maximum Gasteiger partial charge on any atom is 0.193 e. The monoisotopic (exact) mass is 408 g/mol. The molecule has 0 fully saturated rings. The molecule has 2 N–H and O–H groups in total. The van der Waals surface area contributed by atoms with Gasteiger partial charge in [0.15, 0.2) is 5.78 Å². The van der Waals surface area contributed by atoms with Crippen LogP contribution in [0.1, 0.15) is 64.9 Å². The van der Waals surface area contributed by atoms with E-state index in [1.807, 2.05) is 48.5 Å². The van der Waals surface area contributed by atoms with E-state index in [2.05, 4.69) is 26.8 Å². The second-order valence-electron chi connectivity index (χ2n) is 9.28. The lowest BCUT2D eigenvalue weighted by molar-refractivity contribution is 0.103. The summed E-state index contributed by atoms with van der Waals surface area (Å²) in [5.41, 5.74) is 4.61. The molecule has 0 amide bonds. The average molecular weight is 408 g/mol. The van der Waals surface area contributed by atoms with E-state index in [0.29, 0.717) is 27.5 Å². The Hall–Kier alpha value is -3.59. The first-order chi connectivity index (χ1) is 14.8. The molecule has 4 aromatic carbocycles. The number of hydrogen-bond donors (Lipinski definition) is 2. The number of rotatable bonds is 1. The van der Waals surface area contributed by atoms with E-state index in [1.165, 1.54) is 0 Å². The Kier molecular flexibility index (Phi) is 4.19. The Morgan fingerprint density at radius 1 is 0.710 bits per heavy atom. The van der Waals surface area contributed by atoms with Crippen LogP contribution in [0.4, 0.5) is 0 Å². The molecule has 31 heavy (non-hydrogen) atoms. The molecular weight excluding hydrogens is 384 g/mol. The fraction of sp³-hybridized carbons (Fsp3) is 0.179. The fourth-order valence-corrected chi connectivity index (χ4v) is 4.66. The molecule has 0 spiro atoms. The zero-order valence-electron chi connectivity index (χ0n) is 17.8. The predicted molar refractivity (Wildman–Crippen MR) is 123 cm³/mol. The van der Waals surface area contributed by atoms with Crippen molar-refractivity contribution < 1.29 is 15.0 Å². The van der Waals surface area contributed by atoms with Crippen molar-refractivity contribution in [3.63, 3.8) is 0 Å². The van der Waals surface area contributed by atoms with Gasteiger partial charge in [-0.3, -0.25) is 4.79 Å². The molecule has 0 saturated carbocycles. The Morgan fingerprint density at radius 3 is 2.10 bits per heavy atom. The molecular formula is C28H24O3. The molecule has 0 radical (unpaired) electrons. The van der Waals surface area contributed by atoms with Gasteiger partial charge in [0.2, 0.25) is 0 Å². The summed E-state index contributed by atoms with van der Waals surface area (Å²) in [6.45, 7) is 6.42. The van der Waals surface area contributed by atoms with Gasteiger partial charge < -0.3 is 10.2 Å². The van der Waals surface area contributed by atoms with E-state index in [4.69, 9.17) is 0 Å². The molecule has 0 aromatic heterocycles. The highest BCUT2D eigenvalue weighted by atomic mass is 16.3. The molecule has 1 unspecified atom stereocenters. The van der Waals surface area contributed by atoms with Crippen molar-refractivity contribution >= 4 is 16.6 Å². The van der Waals surface area contributed by atoms with Gasteiger partial charge in [-0.2, -0.15) is 0 Å². The third-order valence-corrected chi connectivity index (χ3v) is 6.32. The van der Waals surface area contributed by atoms with Gasteiger partial charge in [-0.1, -0.05) is 87.5 Å². The van der Waals surface area contributed by atoms with Crippen molar-refractivity contribution in [2.45, 2.75) is 32.1 Å². The quantitative estimate of drug-likeness (QED) is 0.321. The first-order valence-electron chi connectivity index (χ1n) is 10.5. The number of phenols is 2. The van der Waals surface area contributed by atoms with Crippen LogP contribution in [0.3, 0.4) is 0 Å². The van der Waals surface area contributed by atoms with Gasteiger partial charge in [0, 0.05) is 33.4 Å². The molecule has 1 aliphatic rings. The van der Waals surface area contributed by atoms with Crippen molar-refractivity contribution in [1.29, 1.82) is 0 Å². The molecule has 0 bridgehead atoms. The van der Waals surface area contributed by atoms with Crippen molar-refractivity contribution in [3.8, 4) is 11.5 Å². The normalized spacial score (nSPS) is 15.6. The first kappa shape index (κ1) is 19.4. The summed E-state index contributed by atoms with van der Waals surface area (Å²) in [6, 6.07) is 22.5. The lowest BCUT2D eigenvalue weighted by Gasteiger charge is -2.31. The standard InChI is InChI=1S/C28H24O3/c1-28(2,3)16-12-13-21-22(14-16)25(18-9-5-7-11-20(18)26(21)30)23-15-24(29)17-8-4-6-10-19(17)27(23)31/h4-15,25,29,31H,1-3H3. The number of carbonyl (C=O) groups is 1. The second kappa shape index (κ2) is 6.71. The highest BCUT2D eigenvalue weighted by Gasteiger charge is 2.35. The first-order valence-corrected chi connectivity index (χ1v) is 10.5. The Labute approximate surface area is 181 Å². The third kappa shape index (κ3) is 2.92. The van der Waals surface area contributed by atoms with Gasteiger partial charge in [-0.05, 0) is 28.2 Å². The Bertz CT molecular complexity index is 1360. The minimum absolute atomic E-state index is 0.00758. The van der Waals surface area contributed by atoms with Crippen LogP contribution in [0.15, 0.2) is 72.8 Å². The van der Waals surface area contributed by atoms with Gasteiger partial charge >= 0.3 is 0 Å². The summed E-state index contributed by atoms with van der Waals surface area (Å²) in [5, 5.41) is 23.2. The topological polar surface area (TPSA) is 57.5 Å². The van der Waals surface area contributed by atoms with E-state index < -0.39 is 0 Å². The molecule has 4 aromatic rings. The lowest BCUT2D eigenvalue weighted by atomic mass is 9.72. The van der Waals surface area contributed by atoms with Crippen molar-refractivity contribution in [1.82, 2.24) is 0 Å². The Morgan fingerprint density at radius 2 is 1.35 bits per heavy atom. The number of fused-ring (bicyclic) bond motifs is 3. The molecule has 0 aliphatic heterocycles. The minimum Gasteiger partial charge on any atom is -0.507 e. The van der Waals surface area contributed by atoms with Crippen LogP contribution in [-0.4, -0.2) is 16.0 Å². The number of aromatic hydroxyl groups is 2. The van der Waals surface area contributed by atoms with Crippen LogP contribution in [0.2, 0.25) is 0 Å². The number of ketones is 1. The molecule has 1 atom stereocenters. The van der Waals surface area contributed by atoms with E-state index in [0.717, 1.165) is 16.7 Å². The maximum atomic E-state index is 13.3.